The first-order valence-electron chi connectivity index (χ1n) is 8.72. The minimum atomic E-state index is -0.821. The Morgan fingerprint density at radius 1 is 0.864 bits per heavy atom. The number of carboxylic acid groups (broad SMARTS) is 1. The summed E-state index contributed by atoms with van der Waals surface area (Å²) in [6.45, 7) is 3.77. The zero-order chi connectivity index (χ0) is 16.5. The average molecular weight is 318 g/mol. The fraction of sp³-hybridized carbons (Fsp3) is 0.941. The van der Waals surface area contributed by atoms with Crippen molar-refractivity contribution in [1.29, 1.82) is 0 Å². The molecular weight excluding hydrogens is 284 g/mol. The minimum Gasteiger partial charge on any atom is -0.481 e. The maximum atomic E-state index is 10.3. The van der Waals surface area contributed by atoms with Crippen LogP contribution in [-0.2, 0) is 14.3 Å². The van der Waals surface area contributed by atoms with Crippen LogP contribution < -0.4 is 0 Å². The Balaban J connectivity index is 3.15. The fourth-order valence-corrected chi connectivity index (χ4v) is 2.15. The molecule has 0 saturated heterocycles. The van der Waals surface area contributed by atoms with Crippen molar-refractivity contribution < 1.29 is 24.5 Å². The number of aliphatic carboxylic acids is 1. The molecule has 0 bridgehead atoms. The molecule has 0 radical (unpaired) electrons. The fourth-order valence-electron chi connectivity index (χ4n) is 2.15. The molecule has 0 spiro atoms. The van der Waals surface area contributed by atoms with Crippen LogP contribution in [0.4, 0.5) is 0 Å². The maximum absolute atomic E-state index is 10.3. The van der Waals surface area contributed by atoms with Gasteiger partial charge in [-0.05, 0) is 12.8 Å². The van der Waals surface area contributed by atoms with Gasteiger partial charge < -0.3 is 19.7 Å². The second-order valence-corrected chi connectivity index (χ2v) is 5.78. The first-order valence-corrected chi connectivity index (χ1v) is 8.72. The van der Waals surface area contributed by atoms with Gasteiger partial charge >= 0.3 is 5.97 Å². The number of unbranched alkanes of at least 4 members (excludes halogenated alkanes) is 7. The van der Waals surface area contributed by atoms with E-state index in [1.165, 1.54) is 44.9 Å². The number of aliphatic hydroxyl groups excluding tert-OH is 1. The zero-order valence-electron chi connectivity index (χ0n) is 14.1. The molecule has 1 unspecified atom stereocenters. The highest BCUT2D eigenvalue weighted by Gasteiger charge is 2.04. The van der Waals surface area contributed by atoms with Gasteiger partial charge in [-0.1, -0.05) is 51.9 Å². The Labute approximate surface area is 135 Å². The van der Waals surface area contributed by atoms with E-state index in [1.807, 2.05) is 0 Å². The lowest BCUT2D eigenvalue weighted by Gasteiger charge is -2.11. The van der Waals surface area contributed by atoms with Crippen molar-refractivity contribution in [1.82, 2.24) is 0 Å². The Bertz CT molecular complexity index is 245. The lowest BCUT2D eigenvalue weighted by Crippen LogP contribution is -2.22. The maximum Gasteiger partial charge on any atom is 0.303 e. The van der Waals surface area contributed by atoms with Crippen molar-refractivity contribution in [3.05, 3.63) is 0 Å². The van der Waals surface area contributed by atoms with Gasteiger partial charge in [0, 0.05) is 19.6 Å². The molecule has 0 aliphatic rings. The summed E-state index contributed by atoms with van der Waals surface area (Å²) in [5.41, 5.74) is 0. The third-order valence-electron chi connectivity index (χ3n) is 3.44. The van der Waals surface area contributed by atoms with Crippen molar-refractivity contribution in [2.24, 2.45) is 0 Å². The van der Waals surface area contributed by atoms with Gasteiger partial charge in [0.05, 0.1) is 13.2 Å². The van der Waals surface area contributed by atoms with E-state index in [4.69, 9.17) is 14.6 Å². The first kappa shape index (κ1) is 21.4. The molecular formula is C17H34O5. The third-order valence-corrected chi connectivity index (χ3v) is 3.44. The summed E-state index contributed by atoms with van der Waals surface area (Å²) in [6.07, 6.45) is 10.1. The first-order chi connectivity index (χ1) is 10.7. The normalized spacial score (nSPS) is 12.5. The molecule has 0 saturated carbocycles. The van der Waals surface area contributed by atoms with E-state index in [0.717, 1.165) is 6.42 Å². The number of ether oxygens (including phenoxy) is 2. The second kappa shape index (κ2) is 16.7. The smallest absolute Gasteiger partial charge is 0.303 e. The van der Waals surface area contributed by atoms with Gasteiger partial charge in [-0.2, -0.15) is 0 Å². The minimum absolute atomic E-state index is 0.102. The molecule has 0 aromatic carbocycles. The van der Waals surface area contributed by atoms with Crippen LogP contribution in [0.3, 0.4) is 0 Å². The molecule has 0 rings (SSSR count). The van der Waals surface area contributed by atoms with E-state index in [1.54, 1.807) is 0 Å². The summed E-state index contributed by atoms with van der Waals surface area (Å²) >= 11 is 0. The van der Waals surface area contributed by atoms with Crippen molar-refractivity contribution in [2.75, 3.05) is 26.4 Å². The molecule has 0 heterocycles. The molecule has 5 heteroatoms. The molecule has 0 aromatic rings. The van der Waals surface area contributed by atoms with Gasteiger partial charge in [0.15, 0.2) is 0 Å². The molecule has 0 fully saturated rings. The van der Waals surface area contributed by atoms with E-state index in [-0.39, 0.29) is 19.6 Å². The SMILES string of the molecule is CCCCCCCCCCOCC(O)COCCCC(=O)O. The number of aliphatic hydroxyl groups is 1. The molecule has 0 aliphatic heterocycles. The Morgan fingerprint density at radius 2 is 1.36 bits per heavy atom. The van der Waals surface area contributed by atoms with Gasteiger partial charge in [-0.15, -0.1) is 0 Å². The second-order valence-electron chi connectivity index (χ2n) is 5.78. The Kier molecular flexibility index (Phi) is 16.2. The zero-order valence-corrected chi connectivity index (χ0v) is 14.1. The lowest BCUT2D eigenvalue weighted by atomic mass is 10.1. The quantitative estimate of drug-likeness (QED) is 0.402. The summed E-state index contributed by atoms with van der Waals surface area (Å²) < 4.78 is 10.6. The van der Waals surface area contributed by atoms with Crippen molar-refractivity contribution in [3.63, 3.8) is 0 Å². The van der Waals surface area contributed by atoms with Crippen LogP contribution in [0, 0.1) is 0 Å². The van der Waals surface area contributed by atoms with Crippen LogP contribution in [0.15, 0.2) is 0 Å². The van der Waals surface area contributed by atoms with Crippen LogP contribution in [0.25, 0.3) is 0 Å². The van der Waals surface area contributed by atoms with Crippen molar-refractivity contribution >= 4 is 5.97 Å². The molecule has 1 atom stereocenters. The van der Waals surface area contributed by atoms with Crippen molar-refractivity contribution in [2.45, 2.75) is 77.2 Å². The molecule has 0 amide bonds. The number of hydrogen-bond acceptors (Lipinski definition) is 4. The predicted molar refractivity (Wildman–Crippen MR) is 87.1 cm³/mol. The van der Waals surface area contributed by atoms with Gasteiger partial charge in [-0.25, -0.2) is 0 Å². The van der Waals surface area contributed by atoms with Gasteiger partial charge in [0.1, 0.15) is 6.10 Å². The molecule has 2 N–H and O–H groups in total. The highest BCUT2D eigenvalue weighted by atomic mass is 16.5. The van der Waals surface area contributed by atoms with Crippen LogP contribution in [0.5, 0.6) is 0 Å². The molecule has 22 heavy (non-hydrogen) atoms. The molecule has 132 valence electrons. The largest absolute Gasteiger partial charge is 0.481 e. The highest BCUT2D eigenvalue weighted by Crippen LogP contribution is 2.08. The van der Waals surface area contributed by atoms with Crippen LogP contribution in [-0.4, -0.2) is 48.7 Å². The highest BCUT2D eigenvalue weighted by molar-refractivity contribution is 5.66. The number of hydrogen-bond donors (Lipinski definition) is 2. The molecule has 0 aromatic heterocycles. The van der Waals surface area contributed by atoms with E-state index in [9.17, 15) is 9.90 Å². The standard InChI is InChI=1S/C17H34O5/c1-2-3-4-5-6-7-8-9-12-21-14-16(18)15-22-13-10-11-17(19)20/h16,18H,2-15H2,1H3,(H,19,20). The summed E-state index contributed by atoms with van der Waals surface area (Å²) in [5.74, 6) is -0.821. The van der Waals surface area contributed by atoms with Crippen LogP contribution in [0.1, 0.15) is 71.1 Å². The summed E-state index contributed by atoms with van der Waals surface area (Å²) in [7, 11) is 0. The summed E-state index contributed by atoms with van der Waals surface area (Å²) in [6, 6.07) is 0. The van der Waals surface area contributed by atoms with E-state index in [2.05, 4.69) is 6.92 Å². The predicted octanol–water partition coefficient (Wildman–Crippen LogP) is 3.39. The molecule has 0 aliphatic carbocycles. The van der Waals surface area contributed by atoms with E-state index in [0.29, 0.717) is 19.6 Å². The van der Waals surface area contributed by atoms with Gasteiger partial charge in [-0.3, -0.25) is 4.79 Å². The van der Waals surface area contributed by atoms with Gasteiger partial charge in [0.25, 0.3) is 0 Å². The average Bonchev–Trinajstić information content (AvgIpc) is 2.48. The topological polar surface area (TPSA) is 76.0 Å². The Morgan fingerprint density at radius 3 is 1.91 bits per heavy atom. The van der Waals surface area contributed by atoms with Crippen LogP contribution >= 0.6 is 0 Å². The summed E-state index contributed by atoms with van der Waals surface area (Å²) in [5, 5.41) is 18.1. The van der Waals surface area contributed by atoms with Crippen molar-refractivity contribution in [3.8, 4) is 0 Å². The van der Waals surface area contributed by atoms with E-state index < -0.39 is 12.1 Å². The Hall–Kier alpha value is -0.650. The van der Waals surface area contributed by atoms with E-state index >= 15 is 0 Å². The van der Waals surface area contributed by atoms with Gasteiger partial charge in [0.2, 0.25) is 0 Å². The lowest BCUT2D eigenvalue weighted by molar-refractivity contribution is -0.137. The number of carboxylic acids is 1. The number of rotatable bonds is 17. The third kappa shape index (κ3) is 17.4. The summed E-state index contributed by atoms with van der Waals surface area (Å²) in [4.78, 5) is 10.3. The molecule has 5 nitrogen and oxygen atoms in total. The number of carbonyl (C=O) groups is 1. The van der Waals surface area contributed by atoms with Crippen LogP contribution in [0.2, 0.25) is 0 Å². The monoisotopic (exact) mass is 318 g/mol.